The van der Waals surface area contributed by atoms with E-state index in [9.17, 15) is 13.2 Å². The van der Waals surface area contributed by atoms with Crippen molar-refractivity contribution in [3.63, 3.8) is 0 Å². The lowest BCUT2D eigenvalue weighted by Crippen LogP contribution is -2.36. The van der Waals surface area contributed by atoms with Crippen LogP contribution in [0, 0.1) is 11.8 Å². The fourth-order valence-corrected chi connectivity index (χ4v) is 5.93. The molecule has 1 fully saturated rings. The number of nitrogens with one attached hydrogen (secondary N) is 1. The van der Waals surface area contributed by atoms with E-state index in [1.165, 1.54) is 11.4 Å². The third-order valence-electron chi connectivity index (χ3n) is 5.48. The Morgan fingerprint density at radius 1 is 1.34 bits per heavy atom. The molecule has 3 rings (SSSR count). The lowest BCUT2D eigenvalue weighted by molar-refractivity contribution is -0.117. The first-order valence-corrected chi connectivity index (χ1v) is 11.9. The number of sulfonamides is 1. The predicted octanol–water partition coefficient (Wildman–Crippen LogP) is 3.76. The zero-order chi connectivity index (χ0) is 21.2. The number of aryl methyl sites for hydroxylation is 1. The number of carbonyl (C=O) groups excluding carboxylic acids is 1. The maximum atomic E-state index is 13.9. The molecule has 6 nitrogen and oxygen atoms in total. The lowest BCUT2D eigenvalue weighted by atomic mass is 9.91. The van der Waals surface area contributed by atoms with Crippen molar-refractivity contribution >= 4 is 21.6 Å². The van der Waals surface area contributed by atoms with Crippen molar-refractivity contribution in [1.82, 2.24) is 4.31 Å². The van der Waals surface area contributed by atoms with Crippen LogP contribution < -0.4 is 10.1 Å². The third-order valence-corrected chi connectivity index (χ3v) is 7.42. The van der Waals surface area contributed by atoms with E-state index in [4.69, 9.17) is 4.74 Å². The molecule has 0 saturated heterocycles. The van der Waals surface area contributed by atoms with Crippen LogP contribution in [0.4, 0.5) is 5.69 Å². The number of ether oxygens (including phenoxy) is 1. The first kappa shape index (κ1) is 21.8. The van der Waals surface area contributed by atoms with Crippen molar-refractivity contribution in [2.24, 2.45) is 11.8 Å². The molecule has 0 unspecified atom stereocenters. The van der Waals surface area contributed by atoms with Crippen LogP contribution in [0.5, 0.6) is 5.75 Å². The van der Waals surface area contributed by atoms with Crippen molar-refractivity contribution in [1.29, 1.82) is 0 Å². The average molecular weight is 421 g/mol. The molecule has 0 bridgehead atoms. The van der Waals surface area contributed by atoms with Gasteiger partial charge in [0.1, 0.15) is 16.3 Å². The molecule has 160 valence electrons. The van der Waals surface area contributed by atoms with Gasteiger partial charge in [-0.05, 0) is 61.6 Å². The van der Waals surface area contributed by atoms with Gasteiger partial charge in [0.15, 0.2) is 0 Å². The molecule has 1 amide bonds. The molecular formula is C22H32N2O4S. The van der Waals surface area contributed by atoms with Crippen molar-refractivity contribution in [2.75, 3.05) is 25.5 Å². The van der Waals surface area contributed by atoms with Crippen LogP contribution in [0.2, 0.25) is 0 Å². The van der Waals surface area contributed by atoms with Crippen molar-refractivity contribution in [3.8, 4) is 5.75 Å². The van der Waals surface area contributed by atoms with E-state index in [1.807, 2.05) is 19.9 Å². The molecule has 0 atom stereocenters. The van der Waals surface area contributed by atoms with Crippen LogP contribution >= 0.6 is 0 Å². The maximum absolute atomic E-state index is 13.9. The van der Waals surface area contributed by atoms with Gasteiger partial charge in [0.25, 0.3) is 0 Å². The Balaban J connectivity index is 2.19. The predicted molar refractivity (Wildman–Crippen MR) is 115 cm³/mol. The monoisotopic (exact) mass is 420 g/mol. The van der Waals surface area contributed by atoms with Crippen molar-refractivity contribution < 1.29 is 17.9 Å². The van der Waals surface area contributed by atoms with Crippen molar-refractivity contribution in [3.05, 3.63) is 29.8 Å². The molecule has 1 N–H and O–H groups in total. The Bertz CT molecular complexity index is 889. The number of fused-ring (bicyclic) bond motifs is 1. The van der Waals surface area contributed by atoms with E-state index in [0.29, 0.717) is 24.4 Å². The van der Waals surface area contributed by atoms with Gasteiger partial charge in [0.05, 0.1) is 7.11 Å². The Labute approximate surface area is 174 Å². The second-order valence-corrected chi connectivity index (χ2v) is 10.3. The van der Waals surface area contributed by atoms with Crippen LogP contribution in [0.1, 0.15) is 50.7 Å². The summed E-state index contributed by atoms with van der Waals surface area (Å²) in [5, 5.41) is 2.90. The summed E-state index contributed by atoms with van der Waals surface area (Å²) in [5.74, 6) is 0.415. The summed E-state index contributed by atoms with van der Waals surface area (Å²) in [4.78, 5) is 12.8. The molecule has 2 aliphatic rings. The van der Waals surface area contributed by atoms with Crippen LogP contribution in [-0.4, -0.2) is 38.8 Å². The highest BCUT2D eigenvalue weighted by Gasteiger charge is 2.36. The number of nitrogens with zero attached hydrogens (tertiary/aromatic N) is 1. The molecule has 0 heterocycles. The van der Waals surface area contributed by atoms with Gasteiger partial charge in [0, 0.05) is 19.0 Å². The van der Waals surface area contributed by atoms with E-state index in [1.54, 1.807) is 6.08 Å². The molecule has 1 aromatic carbocycles. The molecule has 0 spiro atoms. The molecule has 2 aliphatic carbocycles. The summed E-state index contributed by atoms with van der Waals surface area (Å²) in [5.41, 5.74) is 2.11. The van der Waals surface area contributed by atoms with E-state index in [-0.39, 0.29) is 29.2 Å². The topological polar surface area (TPSA) is 75.7 Å². The highest BCUT2D eigenvalue weighted by atomic mass is 32.2. The van der Waals surface area contributed by atoms with E-state index < -0.39 is 10.0 Å². The quantitative estimate of drug-likeness (QED) is 0.617. The van der Waals surface area contributed by atoms with Gasteiger partial charge in [-0.15, -0.1) is 6.58 Å². The highest BCUT2D eigenvalue weighted by molar-refractivity contribution is 7.89. The fraction of sp³-hybridized carbons (Fsp3) is 0.591. The summed E-state index contributed by atoms with van der Waals surface area (Å²) in [6, 6.07) is 1.90. The second kappa shape index (κ2) is 8.88. The van der Waals surface area contributed by atoms with Crippen molar-refractivity contribution in [2.45, 2.75) is 57.3 Å². The maximum Gasteiger partial charge on any atom is 0.245 e. The largest absolute Gasteiger partial charge is 0.495 e. The molecule has 29 heavy (non-hydrogen) atoms. The summed E-state index contributed by atoms with van der Waals surface area (Å²) in [7, 11) is -2.33. The minimum absolute atomic E-state index is 0.0359. The third kappa shape index (κ3) is 4.67. The van der Waals surface area contributed by atoms with Gasteiger partial charge in [-0.3, -0.25) is 4.79 Å². The van der Waals surface area contributed by atoms with E-state index in [0.717, 1.165) is 43.2 Å². The summed E-state index contributed by atoms with van der Waals surface area (Å²) in [6.07, 6.45) is 6.75. The SMILES string of the molecule is C=CCN(CC(C)C)S(=O)(=O)c1c2c(cc(OC)c1NC(=O)C1CC1)CCCC2. The summed E-state index contributed by atoms with van der Waals surface area (Å²) < 4.78 is 34.7. The number of benzene rings is 1. The number of anilines is 1. The molecule has 0 radical (unpaired) electrons. The molecular weight excluding hydrogens is 388 g/mol. The number of rotatable bonds is 9. The highest BCUT2D eigenvalue weighted by Crippen LogP contribution is 2.42. The molecule has 0 aromatic heterocycles. The minimum Gasteiger partial charge on any atom is -0.495 e. The zero-order valence-electron chi connectivity index (χ0n) is 17.7. The molecule has 1 saturated carbocycles. The Morgan fingerprint density at radius 2 is 2.03 bits per heavy atom. The lowest BCUT2D eigenvalue weighted by Gasteiger charge is -2.29. The molecule has 1 aromatic rings. The summed E-state index contributed by atoms with van der Waals surface area (Å²) >= 11 is 0. The van der Waals surface area contributed by atoms with Crippen LogP contribution in [0.25, 0.3) is 0 Å². The Morgan fingerprint density at radius 3 is 2.62 bits per heavy atom. The van der Waals surface area contributed by atoms with E-state index in [2.05, 4.69) is 11.9 Å². The first-order valence-electron chi connectivity index (χ1n) is 10.4. The van der Waals surface area contributed by atoms with Gasteiger partial charge in [-0.25, -0.2) is 8.42 Å². The minimum atomic E-state index is -3.85. The smallest absolute Gasteiger partial charge is 0.245 e. The van der Waals surface area contributed by atoms with Crippen LogP contribution in [0.15, 0.2) is 23.6 Å². The number of amides is 1. The number of methoxy groups -OCH3 is 1. The number of carbonyl (C=O) groups is 1. The molecule has 7 heteroatoms. The zero-order valence-corrected chi connectivity index (χ0v) is 18.5. The van der Waals surface area contributed by atoms with Gasteiger partial charge >= 0.3 is 0 Å². The van der Waals surface area contributed by atoms with Gasteiger partial charge in [-0.1, -0.05) is 19.9 Å². The van der Waals surface area contributed by atoms with Crippen LogP contribution in [0.3, 0.4) is 0 Å². The molecule has 0 aliphatic heterocycles. The van der Waals surface area contributed by atoms with Gasteiger partial charge < -0.3 is 10.1 Å². The first-order chi connectivity index (χ1) is 13.8. The summed E-state index contributed by atoms with van der Waals surface area (Å²) in [6.45, 7) is 8.32. The standard InChI is InChI=1S/C22H32N2O4S/c1-5-12-24(14-15(2)3)29(26,27)21-18-9-7-6-8-17(18)13-19(28-4)20(21)23-22(25)16-10-11-16/h5,13,15-16H,1,6-12,14H2,2-4H3,(H,23,25). The number of hydrogen-bond donors (Lipinski definition) is 1. The van der Waals surface area contributed by atoms with Gasteiger partial charge in [-0.2, -0.15) is 4.31 Å². The van der Waals surface area contributed by atoms with Crippen LogP contribution in [-0.2, 0) is 27.7 Å². The average Bonchev–Trinajstić information content (AvgIpc) is 3.51. The Kier molecular flexibility index (Phi) is 6.69. The van der Waals surface area contributed by atoms with Gasteiger partial charge in [0.2, 0.25) is 15.9 Å². The normalized spacial score (nSPS) is 16.6. The van der Waals surface area contributed by atoms with E-state index >= 15 is 0 Å². The number of hydrogen-bond acceptors (Lipinski definition) is 4. The Hall–Kier alpha value is -1.86. The fourth-order valence-electron chi connectivity index (χ4n) is 3.93. The second-order valence-electron chi connectivity index (χ2n) is 8.40.